The lowest BCUT2D eigenvalue weighted by atomic mass is 10.1. The molecule has 0 bridgehead atoms. The second-order valence-electron chi connectivity index (χ2n) is 4.96. The van der Waals surface area contributed by atoms with E-state index in [9.17, 15) is 5.11 Å². The summed E-state index contributed by atoms with van der Waals surface area (Å²) in [4.78, 5) is 6.95. The molecule has 0 aliphatic carbocycles. The van der Waals surface area contributed by atoms with E-state index in [-0.39, 0.29) is 6.61 Å². The predicted molar refractivity (Wildman–Crippen MR) is 75.9 cm³/mol. The van der Waals surface area contributed by atoms with E-state index in [0.29, 0.717) is 0 Å². The summed E-state index contributed by atoms with van der Waals surface area (Å²) in [5, 5.41) is 9.35. The number of nitrogens with zero attached hydrogens (tertiary/aromatic N) is 2. The zero-order valence-electron chi connectivity index (χ0n) is 11.1. The van der Waals surface area contributed by atoms with Crippen LogP contribution in [0.25, 0.3) is 0 Å². The first-order chi connectivity index (χ1) is 9.30. The molecule has 19 heavy (non-hydrogen) atoms. The lowest BCUT2D eigenvalue weighted by Crippen LogP contribution is -2.17. The van der Waals surface area contributed by atoms with E-state index < -0.39 is 0 Å². The van der Waals surface area contributed by atoms with E-state index in [1.165, 1.54) is 11.1 Å². The summed E-state index contributed by atoms with van der Waals surface area (Å²) in [7, 11) is 0. The molecule has 1 aliphatic rings. The van der Waals surface area contributed by atoms with E-state index in [2.05, 4.69) is 41.1 Å². The Bertz CT molecular complexity index is 548. The molecule has 2 heterocycles. The number of aryl methyl sites for hydroxylation is 1. The Kier molecular flexibility index (Phi) is 3.22. The molecule has 0 unspecified atom stereocenters. The van der Waals surface area contributed by atoms with Crippen LogP contribution in [0.3, 0.4) is 0 Å². The van der Waals surface area contributed by atoms with Crippen molar-refractivity contribution in [1.82, 2.24) is 4.98 Å². The molecule has 0 radical (unpaired) electrons. The molecule has 3 nitrogen and oxygen atoms in total. The first-order valence-corrected chi connectivity index (χ1v) is 6.72. The maximum absolute atomic E-state index is 9.35. The second kappa shape index (κ2) is 5.02. The smallest absolute Gasteiger partial charge is 0.129 e. The average molecular weight is 254 g/mol. The minimum Gasteiger partial charge on any atom is -0.392 e. The van der Waals surface area contributed by atoms with Gasteiger partial charge in [0.25, 0.3) is 0 Å². The maximum atomic E-state index is 9.35. The van der Waals surface area contributed by atoms with Crippen LogP contribution in [0, 0.1) is 0 Å². The summed E-state index contributed by atoms with van der Waals surface area (Å²) in [6.45, 7) is 3.97. The third-order valence-corrected chi connectivity index (χ3v) is 3.63. The van der Waals surface area contributed by atoms with Gasteiger partial charge in [0.1, 0.15) is 5.82 Å². The summed E-state index contributed by atoms with van der Waals surface area (Å²) in [5.41, 5.74) is 4.73. The molecule has 0 spiro atoms. The molecule has 1 aromatic heterocycles. The molecular formula is C16H18N2O. The van der Waals surface area contributed by atoms with Crippen LogP contribution in [0.1, 0.15) is 29.3 Å². The summed E-state index contributed by atoms with van der Waals surface area (Å²) >= 11 is 0. The van der Waals surface area contributed by atoms with Gasteiger partial charge in [0.15, 0.2) is 0 Å². The van der Waals surface area contributed by atoms with Gasteiger partial charge in [-0.15, -0.1) is 0 Å². The number of rotatable bonds is 3. The van der Waals surface area contributed by atoms with Gasteiger partial charge in [-0.1, -0.05) is 31.2 Å². The molecule has 3 heteroatoms. The van der Waals surface area contributed by atoms with E-state index in [1.54, 1.807) is 0 Å². The number of aliphatic hydroxyl groups is 1. The quantitative estimate of drug-likeness (QED) is 0.914. The standard InChI is InChI=1S/C16H18N2O/c1-2-15-7-12(11-19)8-16(17-15)18-9-13-5-3-4-6-14(13)10-18/h3-8,19H,2,9-11H2,1H3. The number of pyridine rings is 1. The third-order valence-electron chi connectivity index (χ3n) is 3.63. The average Bonchev–Trinajstić information content (AvgIpc) is 2.90. The molecule has 2 aromatic rings. The van der Waals surface area contributed by atoms with E-state index in [1.807, 2.05) is 12.1 Å². The number of anilines is 1. The van der Waals surface area contributed by atoms with Gasteiger partial charge < -0.3 is 10.0 Å². The van der Waals surface area contributed by atoms with Crippen LogP contribution in [0.4, 0.5) is 5.82 Å². The van der Waals surface area contributed by atoms with Crippen molar-refractivity contribution in [2.24, 2.45) is 0 Å². The molecule has 0 saturated heterocycles. The monoisotopic (exact) mass is 254 g/mol. The van der Waals surface area contributed by atoms with Gasteiger partial charge in [0, 0.05) is 18.8 Å². The van der Waals surface area contributed by atoms with E-state index >= 15 is 0 Å². The van der Waals surface area contributed by atoms with Gasteiger partial charge >= 0.3 is 0 Å². The molecule has 1 aromatic carbocycles. The van der Waals surface area contributed by atoms with Crippen molar-refractivity contribution in [2.45, 2.75) is 33.0 Å². The lowest BCUT2D eigenvalue weighted by molar-refractivity contribution is 0.281. The summed E-state index contributed by atoms with van der Waals surface area (Å²) in [5.74, 6) is 0.972. The Balaban J connectivity index is 1.92. The Hall–Kier alpha value is -1.87. The molecule has 0 fully saturated rings. The molecule has 98 valence electrons. The van der Waals surface area contributed by atoms with Crippen LogP contribution in [-0.2, 0) is 26.1 Å². The van der Waals surface area contributed by atoms with Crippen LogP contribution in [0.2, 0.25) is 0 Å². The van der Waals surface area contributed by atoms with Crippen LogP contribution in [-0.4, -0.2) is 10.1 Å². The number of benzene rings is 1. The first-order valence-electron chi connectivity index (χ1n) is 6.72. The highest BCUT2D eigenvalue weighted by Gasteiger charge is 2.20. The summed E-state index contributed by atoms with van der Waals surface area (Å²) in [6, 6.07) is 12.5. The minimum atomic E-state index is 0.0727. The highest BCUT2D eigenvalue weighted by molar-refractivity contribution is 5.49. The molecular weight excluding hydrogens is 236 g/mol. The predicted octanol–water partition coefficient (Wildman–Crippen LogP) is 2.66. The fourth-order valence-electron chi connectivity index (χ4n) is 2.56. The van der Waals surface area contributed by atoms with Gasteiger partial charge in [-0.25, -0.2) is 4.98 Å². The normalized spacial score (nSPS) is 13.7. The van der Waals surface area contributed by atoms with Gasteiger partial charge in [0.2, 0.25) is 0 Å². The van der Waals surface area contributed by atoms with Crippen molar-refractivity contribution in [3.05, 3.63) is 58.8 Å². The fraction of sp³-hybridized carbons (Fsp3) is 0.312. The highest BCUT2D eigenvalue weighted by Crippen LogP contribution is 2.27. The number of hydrogen-bond acceptors (Lipinski definition) is 3. The largest absolute Gasteiger partial charge is 0.392 e. The SMILES string of the molecule is CCc1cc(CO)cc(N2Cc3ccccc3C2)n1. The maximum Gasteiger partial charge on any atom is 0.129 e. The van der Waals surface area contributed by atoms with Crippen molar-refractivity contribution in [3.8, 4) is 0 Å². The number of hydrogen-bond donors (Lipinski definition) is 1. The van der Waals surface area contributed by atoms with Crippen molar-refractivity contribution >= 4 is 5.82 Å². The Morgan fingerprint density at radius 1 is 1.16 bits per heavy atom. The van der Waals surface area contributed by atoms with Crippen molar-refractivity contribution in [1.29, 1.82) is 0 Å². The highest BCUT2D eigenvalue weighted by atomic mass is 16.3. The van der Waals surface area contributed by atoms with Gasteiger partial charge in [0.05, 0.1) is 6.61 Å². The number of aliphatic hydroxyl groups excluding tert-OH is 1. The van der Waals surface area contributed by atoms with E-state index in [0.717, 1.165) is 36.6 Å². The second-order valence-corrected chi connectivity index (χ2v) is 4.96. The minimum absolute atomic E-state index is 0.0727. The van der Waals surface area contributed by atoms with E-state index in [4.69, 9.17) is 0 Å². The molecule has 3 rings (SSSR count). The zero-order chi connectivity index (χ0) is 13.2. The van der Waals surface area contributed by atoms with Gasteiger partial charge in [-0.3, -0.25) is 0 Å². The van der Waals surface area contributed by atoms with Gasteiger partial charge in [-0.2, -0.15) is 0 Å². The Morgan fingerprint density at radius 2 is 1.84 bits per heavy atom. The van der Waals surface area contributed by atoms with Crippen molar-refractivity contribution < 1.29 is 5.11 Å². The van der Waals surface area contributed by atoms with Crippen LogP contribution in [0.5, 0.6) is 0 Å². The third kappa shape index (κ3) is 2.34. The molecule has 0 saturated carbocycles. The number of fused-ring (bicyclic) bond motifs is 1. The molecule has 0 amide bonds. The first kappa shape index (κ1) is 12.2. The Labute approximate surface area is 113 Å². The number of aromatic nitrogens is 1. The summed E-state index contributed by atoms with van der Waals surface area (Å²) in [6.07, 6.45) is 0.891. The zero-order valence-corrected chi connectivity index (χ0v) is 11.1. The molecule has 0 atom stereocenters. The molecule has 1 aliphatic heterocycles. The lowest BCUT2D eigenvalue weighted by Gasteiger charge is -2.18. The van der Waals surface area contributed by atoms with Crippen LogP contribution < -0.4 is 4.90 Å². The van der Waals surface area contributed by atoms with Crippen molar-refractivity contribution in [3.63, 3.8) is 0 Å². The summed E-state index contributed by atoms with van der Waals surface area (Å²) < 4.78 is 0. The van der Waals surface area contributed by atoms with Crippen LogP contribution in [0.15, 0.2) is 36.4 Å². The Morgan fingerprint density at radius 3 is 2.42 bits per heavy atom. The molecule has 1 N–H and O–H groups in total. The fourth-order valence-corrected chi connectivity index (χ4v) is 2.56. The topological polar surface area (TPSA) is 36.4 Å². The van der Waals surface area contributed by atoms with Crippen molar-refractivity contribution in [2.75, 3.05) is 4.90 Å². The van der Waals surface area contributed by atoms with Crippen LogP contribution >= 0.6 is 0 Å². The van der Waals surface area contributed by atoms with Gasteiger partial charge in [-0.05, 0) is 35.2 Å².